The third kappa shape index (κ3) is 4.86. The Morgan fingerprint density at radius 3 is 2.52 bits per heavy atom. The number of hydrogen-bond acceptors (Lipinski definition) is 4. The first kappa shape index (κ1) is 19.7. The van der Waals surface area contributed by atoms with Crippen molar-refractivity contribution in [2.45, 2.75) is 25.3 Å². The SMILES string of the molecule is O=C(NC[C@@H](c1ccc(Cl)cc1)N1CCCCC1)c1cc(-c2ccccc2)on1. The van der Waals surface area contributed by atoms with E-state index in [4.69, 9.17) is 16.1 Å². The summed E-state index contributed by atoms with van der Waals surface area (Å²) in [5, 5.41) is 7.70. The molecule has 0 aliphatic carbocycles. The first-order chi connectivity index (χ1) is 14.2. The fraction of sp³-hybridized carbons (Fsp3) is 0.304. The van der Waals surface area contributed by atoms with Crippen LogP contribution >= 0.6 is 11.6 Å². The minimum atomic E-state index is -0.230. The van der Waals surface area contributed by atoms with E-state index in [-0.39, 0.29) is 17.6 Å². The average molecular weight is 410 g/mol. The maximum absolute atomic E-state index is 12.7. The molecule has 4 rings (SSSR count). The van der Waals surface area contributed by atoms with Gasteiger partial charge in [0.05, 0.1) is 6.04 Å². The van der Waals surface area contributed by atoms with Crippen molar-refractivity contribution >= 4 is 17.5 Å². The van der Waals surface area contributed by atoms with Crippen LogP contribution in [-0.4, -0.2) is 35.6 Å². The lowest BCUT2D eigenvalue weighted by atomic mass is 10.0. The van der Waals surface area contributed by atoms with Crippen LogP contribution in [0, 0.1) is 0 Å². The van der Waals surface area contributed by atoms with Crippen LogP contribution in [-0.2, 0) is 0 Å². The van der Waals surface area contributed by atoms with Gasteiger partial charge in [-0.15, -0.1) is 0 Å². The lowest BCUT2D eigenvalue weighted by Crippen LogP contribution is -2.40. The van der Waals surface area contributed by atoms with Crippen LogP contribution in [0.1, 0.15) is 41.4 Å². The summed E-state index contributed by atoms with van der Waals surface area (Å²) in [5.41, 5.74) is 2.34. The van der Waals surface area contributed by atoms with Crippen molar-refractivity contribution in [3.8, 4) is 11.3 Å². The summed E-state index contributed by atoms with van der Waals surface area (Å²) in [6, 6.07) is 19.3. The highest BCUT2D eigenvalue weighted by Gasteiger charge is 2.24. The van der Waals surface area contributed by atoms with Crippen LogP contribution in [0.5, 0.6) is 0 Å². The van der Waals surface area contributed by atoms with E-state index in [1.54, 1.807) is 6.07 Å². The zero-order valence-electron chi connectivity index (χ0n) is 16.2. The fourth-order valence-electron chi connectivity index (χ4n) is 3.77. The molecule has 150 valence electrons. The van der Waals surface area contributed by atoms with Gasteiger partial charge in [0.25, 0.3) is 5.91 Å². The van der Waals surface area contributed by atoms with Crippen molar-refractivity contribution in [2.75, 3.05) is 19.6 Å². The Bertz CT molecular complexity index is 934. The van der Waals surface area contributed by atoms with E-state index in [0.29, 0.717) is 17.3 Å². The minimum Gasteiger partial charge on any atom is -0.355 e. The van der Waals surface area contributed by atoms with Crippen LogP contribution < -0.4 is 5.32 Å². The van der Waals surface area contributed by atoms with Crippen LogP contribution in [0.2, 0.25) is 5.02 Å². The molecule has 3 aromatic rings. The topological polar surface area (TPSA) is 58.4 Å². The molecule has 1 saturated heterocycles. The number of piperidine rings is 1. The van der Waals surface area contributed by atoms with Gasteiger partial charge in [-0.05, 0) is 43.6 Å². The van der Waals surface area contributed by atoms with Gasteiger partial charge in [-0.3, -0.25) is 9.69 Å². The summed E-state index contributed by atoms with van der Waals surface area (Å²) in [7, 11) is 0. The van der Waals surface area contributed by atoms with E-state index < -0.39 is 0 Å². The van der Waals surface area contributed by atoms with Gasteiger partial charge >= 0.3 is 0 Å². The number of halogens is 1. The molecule has 2 aromatic carbocycles. The molecule has 0 saturated carbocycles. The maximum atomic E-state index is 12.7. The van der Waals surface area contributed by atoms with Gasteiger partial charge in [-0.2, -0.15) is 0 Å². The summed E-state index contributed by atoms with van der Waals surface area (Å²) in [6.07, 6.45) is 3.63. The van der Waals surface area contributed by atoms with Gasteiger partial charge in [-0.25, -0.2) is 0 Å². The van der Waals surface area contributed by atoms with Crippen molar-refractivity contribution in [1.29, 1.82) is 0 Å². The smallest absolute Gasteiger partial charge is 0.273 e. The average Bonchev–Trinajstić information content (AvgIpc) is 3.27. The quantitative estimate of drug-likeness (QED) is 0.625. The third-order valence-corrected chi connectivity index (χ3v) is 5.60. The lowest BCUT2D eigenvalue weighted by Gasteiger charge is -2.35. The molecule has 1 atom stereocenters. The second kappa shape index (κ2) is 9.25. The molecule has 0 spiro atoms. The van der Waals surface area contributed by atoms with Crippen molar-refractivity contribution in [1.82, 2.24) is 15.4 Å². The van der Waals surface area contributed by atoms with Gasteiger partial charge in [0.2, 0.25) is 0 Å². The number of rotatable bonds is 6. The van der Waals surface area contributed by atoms with Crippen molar-refractivity contribution < 1.29 is 9.32 Å². The van der Waals surface area contributed by atoms with Crippen molar-refractivity contribution in [2.24, 2.45) is 0 Å². The molecule has 1 aromatic heterocycles. The second-order valence-electron chi connectivity index (χ2n) is 7.32. The Balaban J connectivity index is 1.46. The zero-order chi connectivity index (χ0) is 20.1. The van der Waals surface area contributed by atoms with Crippen LogP contribution in [0.3, 0.4) is 0 Å². The number of nitrogens with zero attached hydrogens (tertiary/aromatic N) is 2. The monoisotopic (exact) mass is 409 g/mol. The number of carbonyl (C=O) groups is 1. The minimum absolute atomic E-state index is 0.108. The molecular weight excluding hydrogens is 386 g/mol. The Morgan fingerprint density at radius 1 is 1.07 bits per heavy atom. The predicted molar refractivity (Wildman–Crippen MR) is 114 cm³/mol. The molecule has 1 aliphatic rings. The first-order valence-electron chi connectivity index (χ1n) is 10.0. The van der Waals surface area contributed by atoms with Gasteiger partial charge in [0, 0.05) is 23.2 Å². The van der Waals surface area contributed by atoms with E-state index in [9.17, 15) is 4.79 Å². The summed E-state index contributed by atoms with van der Waals surface area (Å²) >= 11 is 6.06. The van der Waals surface area contributed by atoms with Gasteiger partial charge in [0.1, 0.15) is 0 Å². The van der Waals surface area contributed by atoms with Crippen LogP contribution in [0.4, 0.5) is 0 Å². The van der Waals surface area contributed by atoms with E-state index in [1.165, 1.54) is 19.3 Å². The molecule has 0 unspecified atom stereocenters. The molecule has 1 amide bonds. The molecule has 6 heteroatoms. The van der Waals surface area contributed by atoms with Crippen molar-refractivity contribution in [3.05, 3.63) is 76.9 Å². The standard InChI is InChI=1S/C23H24ClN3O2/c24-19-11-9-17(10-12-19)21(27-13-5-2-6-14-27)16-25-23(28)20-15-22(29-26-20)18-7-3-1-4-8-18/h1,3-4,7-12,15,21H,2,5-6,13-14,16H2,(H,25,28)/t21-/m0/s1. The number of aromatic nitrogens is 1. The Hall–Kier alpha value is -2.63. The Kier molecular flexibility index (Phi) is 6.27. The predicted octanol–water partition coefficient (Wildman–Crippen LogP) is 4.95. The summed E-state index contributed by atoms with van der Waals surface area (Å²) in [6.45, 7) is 2.57. The third-order valence-electron chi connectivity index (χ3n) is 5.34. The van der Waals surface area contributed by atoms with Gasteiger partial charge in [-0.1, -0.05) is 65.6 Å². The van der Waals surface area contributed by atoms with Crippen molar-refractivity contribution in [3.63, 3.8) is 0 Å². The van der Waals surface area contributed by atoms with E-state index >= 15 is 0 Å². The summed E-state index contributed by atoms with van der Waals surface area (Å²) in [4.78, 5) is 15.1. The highest BCUT2D eigenvalue weighted by Crippen LogP contribution is 2.26. The first-order valence-corrected chi connectivity index (χ1v) is 10.4. The Labute approximate surface area is 175 Å². The van der Waals surface area contributed by atoms with Gasteiger partial charge in [0.15, 0.2) is 11.5 Å². The molecule has 1 N–H and O–H groups in total. The highest BCUT2D eigenvalue weighted by atomic mass is 35.5. The van der Waals surface area contributed by atoms with E-state index in [1.807, 2.05) is 54.6 Å². The normalized spacial score (nSPS) is 15.8. The Morgan fingerprint density at radius 2 is 1.79 bits per heavy atom. The number of likely N-dealkylation sites (tertiary alicyclic amines) is 1. The molecule has 0 radical (unpaired) electrons. The van der Waals surface area contributed by atoms with E-state index in [0.717, 1.165) is 24.2 Å². The molecule has 1 aliphatic heterocycles. The van der Waals surface area contributed by atoms with Crippen LogP contribution in [0.25, 0.3) is 11.3 Å². The fourth-order valence-corrected chi connectivity index (χ4v) is 3.90. The molecule has 2 heterocycles. The molecule has 1 fully saturated rings. The molecule has 29 heavy (non-hydrogen) atoms. The zero-order valence-corrected chi connectivity index (χ0v) is 16.9. The number of benzene rings is 2. The number of amides is 1. The van der Waals surface area contributed by atoms with Gasteiger partial charge < -0.3 is 9.84 Å². The molecule has 5 nitrogen and oxygen atoms in total. The largest absolute Gasteiger partial charge is 0.355 e. The lowest BCUT2D eigenvalue weighted by molar-refractivity contribution is 0.0915. The van der Waals surface area contributed by atoms with Crippen LogP contribution in [0.15, 0.2) is 65.2 Å². The summed E-state index contributed by atoms with van der Waals surface area (Å²) < 4.78 is 5.36. The second-order valence-corrected chi connectivity index (χ2v) is 7.75. The number of hydrogen-bond donors (Lipinski definition) is 1. The number of carbonyl (C=O) groups excluding carboxylic acids is 1. The highest BCUT2D eigenvalue weighted by molar-refractivity contribution is 6.30. The number of nitrogens with one attached hydrogen (secondary N) is 1. The van der Waals surface area contributed by atoms with E-state index in [2.05, 4.69) is 15.4 Å². The molecular formula is C23H24ClN3O2. The molecule has 0 bridgehead atoms. The maximum Gasteiger partial charge on any atom is 0.273 e. The summed E-state index contributed by atoms with van der Waals surface area (Å²) in [5.74, 6) is 0.355.